The number of carbonyl (C=O) groups excluding carboxylic acids is 1. The molecular formula is C13H20O3. The molecule has 0 radical (unpaired) electrons. The molecule has 0 heterocycles. The van der Waals surface area contributed by atoms with Gasteiger partial charge in [0.25, 0.3) is 0 Å². The molecule has 0 spiro atoms. The van der Waals surface area contributed by atoms with Crippen molar-refractivity contribution in [2.75, 3.05) is 7.11 Å². The van der Waals surface area contributed by atoms with E-state index in [1.54, 1.807) is 13.0 Å². The lowest BCUT2D eigenvalue weighted by atomic mass is 9.97. The topological polar surface area (TPSA) is 35.5 Å². The third-order valence-corrected chi connectivity index (χ3v) is 1.57. The van der Waals surface area contributed by atoms with Crippen molar-refractivity contribution < 1.29 is 14.3 Å². The molecular weight excluding hydrogens is 204 g/mol. The van der Waals surface area contributed by atoms with Crippen LogP contribution in [0.5, 0.6) is 0 Å². The zero-order valence-corrected chi connectivity index (χ0v) is 10.9. The highest BCUT2D eigenvalue weighted by Crippen LogP contribution is 2.10. The molecule has 0 saturated heterocycles. The van der Waals surface area contributed by atoms with Crippen LogP contribution in [0.25, 0.3) is 0 Å². The Bertz CT molecular complexity index is 323. The lowest BCUT2D eigenvalue weighted by molar-refractivity contribution is 0.0577. The molecule has 0 aromatic heterocycles. The molecule has 0 N–H and O–H groups in total. The van der Waals surface area contributed by atoms with Crippen LogP contribution in [0, 0.1) is 17.3 Å². The van der Waals surface area contributed by atoms with Gasteiger partial charge in [-0.3, -0.25) is 0 Å². The zero-order chi connectivity index (χ0) is 12.8. The predicted octanol–water partition coefficient (Wildman–Crippen LogP) is 3.15. The molecule has 0 fully saturated rings. The van der Waals surface area contributed by atoms with Crippen LogP contribution in [0.15, 0.2) is 11.6 Å². The van der Waals surface area contributed by atoms with Gasteiger partial charge in [0.1, 0.15) is 6.10 Å². The van der Waals surface area contributed by atoms with Crippen molar-refractivity contribution in [2.45, 2.75) is 40.7 Å². The number of hydrogen-bond donors (Lipinski definition) is 0. The molecule has 0 aliphatic heterocycles. The third kappa shape index (κ3) is 7.93. The molecule has 0 aromatic rings. The normalized spacial score (nSPS) is 13.5. The van der Waals surface area contributed by atoms with E-state index in [1.807, 2.05) is 27.7 Å². The number of methoxy groups -OCH3 is 1. The Kier molecular flexibility index (Phi) is 5.66. The van der Waals surface area contributed by atoms with Crippen molar-refractivity contribution >= 4 is 6.16 Å². The monoisotopic (exact) mass is 224 g/mol. The lowest BCUT2D eigenvalue weighted by Crippen LogP contribution is -2.12. The van der Waals surface area contributed by atoms with E-state index in [4.69, 9.17) is 4.74 Å². The fourth-order valence-corrected chi connectivity index (χ4v) is 0.914. The summed E-state index contributed by atoms with van der Waals surface area (Å²) in [7, 11) is 1.28. The van der Waals surface area contributed by atoms with E-state index in [0.717, 1.165) is 5.57 Å². The Labute approximate surface area is 97.8 Å². The summed E-state index contributed by atoms with van der Waals surface area (Å²) in [5.41, 5.74) is 0.855. The van der Waals surface area contributed by atoms with E-state index in [-0.39, 0.29) is 11.5 Å². The molecule has 0 amide bonds. The predicted molar refractivity (Wildman–Crippen MR) is 63.9 cm³/mol. The smallest absolute Gasteiger partial charge is 0.438 e. The zero-order valence-electron chi connectivity index (χ0n) is 10.9. The summed E-state index contributed by atoms with van der Waals surface area (Å²) in [5, 5.41) is 0. The fourth-order valence-electron chi connectivity index (χ4n) is 0.914. The second-order valence-electron chi connectivity index (χ2n) is 4.63. The van der Waals surface area contributed by atoms with Crippen molar-refractivity contribution in [2.24, 2.45) is 5.41 Å². The van der Waals surface area contributed by atoms with Gasteiger partial charge in [-0.2, -0.15) is 0 Å². The number of hydrogen-bond acceptors (Lipinski definition) is 3. The first kappa shape index (κ1) is 14.6. The van der Waals surface area contributed by atoms with Gasteiger partial charge in [-0.05, 0) is 46.3 Å². The highest BCUT2D eigenvalue weighted by molar-refractivity contribution is 5.60. The van der Waals surface area contributed by atoms with Gasteiger partial charge in [-0.1, -0.05) is 11.8 Å². The van der Waals surface area contributed by atoms with E-state index in [1.165, 1.54) is 7.11 Å². The average Bonchev–Trinajstić information content (AvgIpc) is 2.13. The Hall–Kier alpha value is -1.43. The lowest BCUT2D eigenvalue weighted by Gasteiger charge is -2.08. The van der Waals surface area contributed by atoms with Gasteiger partial charge in [-0.15, -0.1) is 0 Å². The molecule has 90 valence electrons. The van der Waals surface area contributed by atoms with Gasteiger partial charge in [0.15, 0.2) is 0 Å². The molecule has 1 atom stereocenters. The van der Waals surface area contributed by atoms with E-state index in [0.29, 0.717) is 0 Å². The number of allylic oxidation sites excluding steroid dienone is 1. The molecule has 0 saturated carbocycles. The minimum atomic E-state index is -0.680. The maximum absolute atomic E-state index is 10.8. The van der Waals surface area contributed by atoms with Crippen LogP contribution in [0.3, 0.4) is 0 Å². The highest BCUT2D eigenvalue weighted by atomic mass is 16.7. The van der Waals surface area contributed by atoms with E-state index in [2.05, 4.69) is 16.6 Å². The standard InChI is InChI=1S/C13H20O3/c1-10(7-8-13(3,4)5)9-11(2)16-12(14)15-6/h9,11H,1-6H3/b10-9+/t11-/m1/s1. The van der Waals surface area contributed by atoms with Crippen molar-refractivity contribution in [3.63, 3.8) is 0 Å². The number of rotatable bonds is 2. The van der Waals surface area contributed by atoms with Gasteiger partial charge in [-0.25, -0.2) is 4.79 Å². The summed E-state index contributed by atoms with van der Waals surface area (Å²) in [6, 6.07) is 0. The SMILES string of the molecule is COC(=O)O[C@H](C)/C=C(\C)C#CC(C)(C)C. The van der Waals surface area contributed by atoms with Gasteiger partial charge in [0.2, 0.25) is 0 Å². The number of carbonyl (C=O) groups is 1. The van der Waals surface area contributed by atoms with Crippen molar-refractivity contribution in [3.05, 3.63) is 11.6 Å². The van der Waals surface area contributed by atoms with Crippen LogP contribution in [0.4, 0.5) is 4.79 Å². The number of ether oxygens (including phenoxy) is 2. The van der Waals surface area contributed by atoms with Crippen LogP contribution in [-0.4, -0.2) is 19.4 Å². The molecule has 0 bridgehead atoms. The average molecular weight is 224 g/mol. The van der Waals surface area contributed by atoms with Crippen LogP contribution in [0.2, 0.25) is 0 Å². The largest absolute Gasteiger partial charge is 0.508 e. The molecule has 3 nitrogen and oxygen atoms in total. The maximum atomic E-state index is 10.8. The summed E-state index contributed by atoms with van der Waals surface area (Å²) in [4.78, 5) is 10.8. The molecule has 0 aliphatic rings. The molecule has 0 rings (SSSR count). The molecule has 0 aromatic carbocycles. The van der Waals surface area contributed by atoms with Gasteiger partial charge >= 0.3 is 6.16 Å². The van der Waals surface area contributed by atoms with E-state index in [9.17, 15) is 4.79 Å². The Balaban J connectivity index is 4.41. The molecule has 3 heteroatoms. The van der Waals surface area contributed by atoms with Crippen LogP contribution < -0.4 is 0 Å². The van der Waals surface area contributed by atoms with Gasteiger partial charge in [0.05, 0.1) is 7.11 Å². The summed E-state index contributed by atoms with van der Waals surface area (Å²) in [6.45, 7) is 9.78. The molecule has 0 unspecified atom stereocenters. The first-order valence-corrected chi connectivity index (χ1v) is 5.21. The van der Waals surface area contributed by atoms with Gasteiger partial charge < -0.3 is 9.47 Å². The third-order valence-electron chi connectivity index (χ3n) is 1.57. The molecule has 16 heavy (non-hydrogen) atoms. The second kappa shape index (κ2) is 6.22. The Morgan fingerprint density at radius 1 is 1.38 bits per heavy atom. The van der Waals surface area contributed by atoms with Crippen LogP contribution in [-0.2, 0) is 9.47 Å². The van der Waals surface area contributed by atoms with E-state index >= 15 is 0 Å². The van der Waals surface area contributed by atoms with Crippen LogP contribution >= 0.6 is 0 Å². The first-order valence-electron chi connectivity index (χ1n) is 5.21. The summed E-state index contributed by atoms with van der Waals surface area (Å²) >= 11 is 0. The second-order valence-corrected chi connectivity index (χ2v) is 4.63. The van der Waals surface area contributed by atoms with Gasteiger partial charge in [0, 0.05) is 5.41 Å². The van der Waals surface area contributed by atoms with Crippen molar-refractivity contribution in [1.82, 2.24) is 0 Å². The quantitative estimate of drug-likeness (QED) is 0.534. The summed E-state index contributed by atoms with van der Waals surface area (Å²) in [6.07, 6.45) is 0.775. The highest BCUT2D eigenvalue weighted by Gasteiger charge is 2.06. The Morgan fingerprint density at radius 3 is 2.38 bits per heavy atom. The molecule has 0 aliphatic carbocycles. The minimum Gasteiger partial charge on any atom is -0.438 e. The van der Waals surface area contributed by atoms with E-state index < -0.39 is 6.16 Å². The Morgan fingerprint density at radius 2 is 1.94 bits per heavy atom. The van der Waals surface area contributed by atoms with Crippen LogP contribution in [0.1, 0.15) is 34.6 Å². The fraction of sp³-hybridized carbons (Fsp3) is 0.615. The summed E-state index contributed by atoms with van der Waals surface area (Å²) in [5.74, 6) is 6.13. The minimum absolute atomic E-state index is 0.0262. The van der Waals surface area contributed by atoms with Crippen molar-refractivity contribution in [1.29, 1.82) is 0 Å². The maximum Gasteiger partial charge on any atom is 0.508 e. The van der Waals surface area contributed by atoms with Crippen molar-refractivity contribution in [3.8, 4) is 11.8 Å². The summed E-state index contributed by atoms with van der Waals surface area (Å²) < 4.78 is 9.29. The first-order chi connectivity index (χ1) is 7.24.